The lowest BCUT2D eigenvalue weighted by molar-refractivity contribution is 0.477. The van der Waals surface area contributed by atoms with Gasteiger partial charge in [0.25, 0.3) is 0 Å². The second-order valence-corrected chi connectivity index (χ2v) is 4.06. The van der Waals surface area contributed by atoms with E-state index in [2.05, 4.69) is 20.8 Å². The van der Waals surface area contributed by atoms with Crippen LogP contribution in [0.2, 0.25) is 0 Å². The van der Waals surface area contributed by atoms with Gasteiger partial charge < -0.3 is 0 Å². The zero-order valence-electron chi connectivity index (χ0n) is 9.36. The van der Waals surface area contributed by atoms with Crippen molar-refractivity contribution in [2.75, 3.05) is 0 Å². The minimum Gasteiger partial charge on any atom is -0.0654 e. The van der Waals surface area contributed by atoms with Gasteiger partial charge in [-0.2, -0.15) is 0 Å². The summed E-state index contributed by atoms with van der Waals surface area (Å²) in [5.41, 5.74) is 0. The molecule has 0 aromatic carbocycles. The molecule has 13 heavy (non-hydrogen) atoms. The topological polar surface area (TPSA) is 0 Å². The minimum atomic E-state index is 0.698. The molecule has 0 spiro atoms. The molecule has 0 nitrogen and oxygen atoms in total. The van der Waals surface area contributed by atoms with Crippen molar-refractivity contribution in [3.63, 3.8) is 0 Å². The molecule has 1 atom stereocenters. The Hall–Kier alpha value is 0. The van der Waals surface area contributed by atoms with E-state index in [0.717, 1.165) is 6.42 Å². The number of hydrogen-bond donors (Lipinski definition) is 0. The first-order chi connectivity index (χ1) is 6.31. The van der Waals surface area contributed by atoms with Crippen LogP contribution in [-0.2, 0) is 0 Å². The van der Waals surface area contributed by atoms with Gasteiger partial charge in [0, 0.05) is 0 Å². The van der Waals surface area contributed by atoms with Crippen LogP contribution < -0.4 is 0 Å². The Kier molecular flexibility index (Phi) is 10.1. The maximum atomic E-state index is 4.19. The van der Waals surface area contributed by atoms with E-state index in [-0.39, 0.29) is 0 Å². The molecule has 0 aliphatic carbocycles. The molecule has 0 amide bonds. The lowest BCUT2D eigenvalue weighted by Crippen LogP contribution is -1.95. The summed E-state index contributed by atoms with van der Waals surface area (Å²) in [7, 11) is 0. The molecule has 0 rings (SSSR count). The zero-order valence-corrected chi connectivity index (χ0v) is 9.36. The molecule has 0 saturated heterocycles. The van der Waals surface area contributed by atoms with Gasteiger partial charge in [-0.3, -0.25) is 0 Å². The predicted molar refractivity (Wildman–Crippen MR) is 61.4 cm³/mol. The molecule has 2 radical (unpaired) electrons. The first-order valence-electron chi connectivity index (χ1n) is 5.93. The molecule has 0 heteroatoms. The molecule has 1 unspecified atom stereocenters. The number of rotatable bonds is 9. The van der Waals surface area contributed by atoms with E-state index in [9.17, 15) is 0 Å². The van der Waals surface area contributed by atoms with Gasteiger partial charge in [0.15, 0.2) is 0 Å². The summed E-state index contributed by atoms with van der Waals surface area (Å²) < 4.78 is 0. The first-order valence-corrected chi connectivity index (χ1v) is 5.93. The van der Waals surface area contributed by atoms with Crippen molar-refractivity contribution >= 4 is 0 Å². The Morgan fingerprint density at radius 1 is 0.923 bits per heavy atom. The molecular formula is C13H26. The van der Waals surface area contributed by atoms with Crippen molar-refractivity contribution < 1.29 is 0 Å². The molecule has 0 fully saturated rings. The Morgan fingerprint density at radius 3 is 2.08 bits per heavy atom. The summed E-state index contributed by atoms with van der Waals surface area (Å²) in [6.07, 6.45) is 11.8. The van der Waals surface area contributed by atoms with Gasteiger partial charge in [-0.05, 0) is 5.92 Å². The molecule has 0 saturated carbocycles. The summed E-state index contributed by atoms with van der Waals surface area (Å²) in [6, 6.07) is 0. The van der Waals surface area contributed by atoms with Gasteiger partial charge in [-0.25, -0.2) is 0 Å². The summed E-state index contributed by atoms with van der Waals surface area (Å²) in [5, 5.41) is 0. The Bertz CT molecular complexity index is 86.0. The molecule has 0 bridgehead atoms. The Morgan fingerprint density at radius 2 is 1.54 bits per heavy atom. The SMILES string of the molecule is [CH2]CCCCC([CH2])CCCCCC. The van der Waals surface area contributed by atoms with Crippen LogP contribution in [-0.4, -0.2) is 0 Å². The second kappa shape index (κ2) is 10.1. The third kappa shape index (κ3) is 9.92. The maximum absolute atomic E-state index is 4.19. The van der Waals surface area contributed by atoms with Crippen molar-refractivity contribution in [3.8, 4) is 0 Å². The van der Waals surface area contributed by atoms with Crippen molar-refractivity contribution in [3.05, 3.63) is 13.8 Å². The molecule has 0 heterocycles. The van der Waals surface area contributed by atoms with Crippen molar-refractivity contribution in [2.45, 2.75) is 64.7 Å². The lowest BCUT2D eigenvalue weighted by atomic mass is 9.97. The third-order valence-electron chi connectivity index (χ3n) is 2.58. The van der Waals surface area contributed by atoms with E-state index < -0.39 is 0 Å². The fourth-order valence-electron chi connectivity index (χ4n) is 1.61. The summed E-state index contributed by atoms with van der Waals surface area (Å²) in [4.78, 5) is 0. The van der Waals surface area contributed by atoms with Crippen LogP contribution in [0.5, 0.6) is 0 Å². The van der Waals surface area contributed by atoms with E-state index in [1.807, 2.05) is 0 Å². The normalized spacial score (nSPS) is 13.2. The van der Waals surface area contributed by atoms with Crippen LogP contribution in [0.3, 0.4) is 0 Å². The van der Waals surface area contributed by atoms with Gasteiger partial charge in [0.2, 0.25) is 0 Å². The van der Waals surface area contributed by atoms with Crippen molar-refractivity contribution in [1.82, 2.24) is 0 Å². The lowest BCUT2D eigenvalue weighted by Gasteiger charge is -2.09. The molecule has 0 aliphatic rings. The van der Waals surface area contributed by atoms with E-state index in [4.69, 9.17) is 0 Å². The predicted octanol–water partition coefficient (Wildman–Crippen LogP) is 4.80. The van der Waals surface area contributed by atoms with Crippen molar-refractivity contribution in [2.24, 2.45) is 5.92 Å². The van der Waals surface area contributed by atoms with E-state index in [1.165, 1.54) is 51.4 Å². The van der Waals surface area contributed by atoms with Gasteiger partial charge >= 0.3 is 0 Å². The van der Waals surface area contributed by atoms with Crippen molar-refractivity contribution in [1.29, 1.82) is 0 Å². The smallest absolute Gasteiger partial charge is 0.0414 e. The molecule has 0 N–H and O–H groups in total. The average Bonchev–Trinajstić information content (AvgIpc) is 2.13. The highest BCUT2D eigenvalue weighted by Gasteiger charge is 2.00. The molecule has 0 aromatic heterocycles. The fourth-order valence-corrected chi connectivity index (χ4v) is 1.61. The van der Waals surface area contributed by atoms with E-state index in [0.29, 0.717) is 5.92 Å². The van der Waals surface area contributed by atoms with Gasteiger partial charge in [0.1, 0.15) is 0 Å². The van der Waals surface area contributed by atoms with Crippen LogP contribution in [0.15, 0.2) is 0 Å². The second-order valence-electron chi connectivity index (χ2n) is 4.06. The van der Waals surface area contributed by atoms with E-state index >= 15 is 0 Å². The third-order valence-corrected chi connectivity index (χ3v) is 2.58. The standard InChI is InChI=1S/C13H26/c1-4-6-8-10-12-13(3)11-9-7-5-2/h13H,2-12H2,1H3. The fraction of sp³-hybridized carbons (Fsp3) is 0.846. The van der Waals surface area contributed by atoms with Gasteiger partial charge in [-0.1, -0.05) is 78.6 Å². The molecule has 78 valence electrons. The minimum absolute atomic E-state index is 0.698. The monoisotopic (exact) mass is 182 g/mol. The van der Waals surface area contributed by atoms with Gasteiger partial charge in [-0.15, -0.1) is 0 Å². The largest absolute Gasteiger partial charge is 0.0654 e. The highest BCUT2D eigenvalue weighted by molar-refractivity contribution is 4.61. The maximum Gasteiger partial charge on any atom is -0.0414 e. The van der Waals surface area contributed by atoms with Crippen LogP contribution in [0, 0.1) is 19.8 Å². The molecule has 0 aliphatic heterocycles. The van der Waals surface area contributed by atoms with E-state index in [1.54, 1.807) is 0 Å². The zero-order chi connectivity index (χ0) is 9.94. The van der Waals surface area contributed by atoms with Crippen LogP contribution >= 0.6 is 0 Å². The summed E-state index contributed by atoms with van der Waals surface area (Å²) in [6.45, 7) is 10.3. The molecular weight excluding hydrogens is 156 g/mol. The quantitative estimate of drug-likeness (QED) is 0.449. The van der Waals surface area contributed by atoms with Crippen LogP contribution in [0.4, 0.5) is 0 Å². The molecule has 0 aromatic rings. The summed E-state index contributed by atoms with van der Waals surface area (Å²) in [5.74, 6) is 0.698. The number of hydrogen-bond acceptors (Lipinski definition) is 0. The first kappa shape index (κ1) is 13.0. The highest BCUT2D eigenvalue weighted by Crippen LogP contribution is 2.16. The van der Waals surface area contributed by atoms with Gasteiger partial charge in [0.05, 0.1) is 0 Å². The average molecular weight is 182 g/mol. The highest BCUT2D eigenvalue weighted by atomic mass is 14.1. The Balaban J connectivity index is 3.05. The Labute approximate surface area is 85.1 Å². The van der Waals surface area contributed by atoms with Crippen LogP contribution in [0.25, 0.3) is 0 Å². The van der Waals surface area contributed by atoms with Crippen LogP contribution in [0.1, 0.15) is 64.7 Å². The number of unbranched alkanes of at least 4 members (excludes halogenated alkanes) is 5. The summed E-state index contributed by atoms with van der Waals surface area (Å²) >= 11 is 0.